The lowest BCUT2D eigenvalue weighted by Crippen LogP contribution is -2.42. The third kappa shape index (κ3) is 5.29. The molecule has 0 saturated heterocycles. The fraction of sp³-hybridized carbons (Fsp3) is 0.276. The van der Waals surface area contributed by atoms with Crippen LogP contribution in [0.15, 0.2) is 79.0 Å². The van der Waals surface area contributed by atoms with Crippen molar-refractivity contribution in [2.45, 2.75) is 43.9 Å². The van der Waals surface area contributed by atoms with Crippen molar-refractivity contribution < 1.29 is 9.59 Å². The third-order valence-corrected chi connectivity index (χ3v) is 7.29. The molecule has 0 spiro atoms. The number of imidazole rings is 1. The van der Waals surface area contributed by atoms with Gasteiger partial charge in [0.1, 0.15) is 11.3 Å². The molecule has 7 heteroatoms. The Bertz CT molecular complexity index is 1360. The molecule has 4 aromatic rings. The topological polar surface area (TPSA) is 75.5 Å². The molecule has 0 atom stereocenters. The van der Waals surface area contributed by atoms with Crippen molar-refractivity contribution in [3.63, 3.8) is 0 Å². The van der Waals surface area contributed by atoms with Gasteiger partial charge in [-0.15, -0.1) is 0 Å². The second-order valence-corrected chi connectivity index (χ2v) is 9.93. The summed E-state index contributed by atoms with van der Waals surface area (Å²) in [7, 11) is 0. The number of hydrogen-bond donors (Lipinski definition) is 2. The predicted molar refractivity (Wildman–Crippen MR) is 143 cm³/mol. The number of para-hydroxylation sites is 1. The van der Waals surface area contributed by atoms with Gasteiger partial charge in [0.05, 0.1) is 12.1 Å². The van der Waals surface area contributed by atoms with Crippen LogP contribution in [0.25, 0.3) is 5.65 Å². The maximum absolute atomic E-state index is 13.0. The zero-order chi connectivity index (χ0) is 25.0. The summed E-state index contributed by atoms with van der Waals surface area (Å²) >= 11 is 6.11. The number of amides is 2. The van der Waals surface area contributed by atoms with Gasteiger partial charge in [0, 0.05) is 28.9 Å². The van der Waals surface area contributed by atoms with Crippen LogP contribution in [-0.4, -0.2) is 27.7 Å². The summed E-state index contributed by atoms with van der Waals surface area (Å²) < 4.78 is 1.73. The van der Waals surface area contributed by atoms with Gasteiger partial charge >= 0.3 is 0 Å². The van der Waals surface area contributed by atoms with E-state index in [4.69, 9.17) is 11.6 Å². The molecule has 2 amide bonds. The molecule has 2 N–H and O–H groups in total. The Hall–Kier alpha value is -3.64. The van der Waals surface area contributed by atoms with Crippen molar-refractivity contribution in [3.05, 3.63) is 101 Å². The summed E-state index contributed by atoms with van der Waals surface area (Å²) in [5, 5.41) is 6.79. The van der Waals surface area contributed by atoms with Crippen LogP contribution >= 0.6 is 11.6 Å². The zero-order valence-corrected chi connectivity index (χ0v) is 20.8. The zero-order valence-electron chi connectivity index (χ0n) is 20.0. The molecular formula is C29H29ClN4O2. The largest absolute Gasteiger partial charge is 0.355 e. The first-order valence-corrected chi connectivity index (χ1v) is 12.8. The minimum Gasteiger partial charge on any atom is -0.355 e. The molecule has 1 fully saturated rings. The quantitative estimate of drug-likeness (QED) is 0.336. The average molecular weight is 501 g/mol. The third-order valence-electron chi connectivity index (χ3n) is 7.04. The van der Waals surface area contributed by atoms with Crippen LogP contribution in [-0.2, 0) is 16.6 Å². The standard InChI is InChI=1S/C29H29ClN4O2/c30-22-14-12-21(13-15-22)29(16-5-2-6-17-29)20-31-27(35)18-24-19-34-25(10-7-11-26(34)32-24)28(36)33-23-8-3-1-4-9-23/h1,3-4,7-15,19H,2,5-6,16-18,20H2,(H,31,35)(H,33,36). The summed E-state index contributed by atoms with van der Waals surface area (Å²) in [6.45, 7) is 0.589. The van der Waals surface area contributed by atoms with E-state index >= 15 is 0 Å². The van der Waals surface area contributed by atoms with E-state index in [1.165, 1.54) is 12.0 Å². The number of hydrogen-bond acceptors (Lipinski definition) is 3. The predicted octanol–water partition coefficient (Wildman–Crippen LogP) is 5.80. The van der Waals surface area contributed by atoms with E-state index in [9.17, 15) is 9.59 Å². The number of nitrogens with zero attached hydrogens (tertiary/aromatic N) is 2. The molecule has 2 aromatic heterocycles. The SMILES string of the molecule is O=C(Cc1cn2c(C(=O)Nc3ccccc3)cccc2n1)NCC1(c2ccc(Cl)cc2)CCCCC1. The van der Waals surface area contributed by atoms with E-state index in [0.717, 1.165) is 36.4 Å². The Morgan fingerprint density at radius 1 is 0.917 bits per heavy atom. The van der Waals surface area contributed by atoms with Gasteiger partial charge in [-0.1, -0.05) is 67.3 Å². The fourth-order valence-electron chi connectivity index (χ4n) is 5.14. The van der Waals surface area contributed by atoms with E-state index in [2.05, 4.69) is 27.8 Å². The number of aromatic nitrogens is 2. The first-order valence-electron chi connectivity index (χ1n) is 12.4. The molecule has 0 unspecified atom stereocenters. The van der Waals surface area contributed by atoms with Crippen molar-refractivity contribution in [1.29, 1.82) is 0 Å². The molecule has 0 bridgehead atoms. The van der Waals surface area contributed by atoms with Gasteiger partial charge < -0.3 is 10.6 Å². The molecule has 0 aliphatic heterocycles. The Morgan fingerprint density at radius 2 is 1.67 bits per heavy atom. The van der Waals surface area contributed by atoms with Crippen LogP contribution in [0.3, 0.4) is 0 Å². The van der Waals surface area contributed by atoms with E-state index in [0.29, 0.717) is 23.6 Å². The number of carbonyl (C=O) groups excluding carboxylic acids is 2. The van der Waals surface area contributed by atoms with E-state index in [1.807, 2.05) is 48.5 Å². The Morgan fingerprint density at radius 3 is 2.42 bits per heavy atom. The maximum Gasteiger partial charge on any atom is 0.272 e. The van der Waals surface area contributed by atoms with Gasteiger partial charge in [-0.3, -0.25) is 14.0 Å². The molecule has 2 aromatic carbocycles. The lowest BCUT2D eigenvalue weighted by molar-refractivity contribution is -0.120. The molecule has 1 aliphatic rings. The lowest BCUT2D eigenvalue weighted by atomic mass is 9.69. The van der Waals surface area contributed by atoms with Crippen LogP contribution in [0.4, 0.5) is 5.69 Å². The minimum absolute atomic E-state index is 0.0693. The van der Waals surface area contributed by atoms with Gasteiger partial charge in [0.15, 0.2) is 0 Å². The minimum atomic E-state index is -0.234. The number of nitrogens with one attached hydrogen (secondary N) is 2. The fourth-order valence-corrected chi connectivity index (χ4v) is 5.27. The highest BCUT2D eigenvalue weighted by Gasteiger charge is 2.34. The van der Waals surface area contributed by atoms with Crippen molar-refractivity contribution >= 4 is 34.7 Å². The molecule has 5 rings (SSSR count). The highest BCUT2D eigenvalue weighted by atomic mass is 35.5. The van der Waals surface area contributed by atoms with E-state index in [-0.39, 0.29) is 23.7 Å². The van der Waals surface area contributed by atoms with Crippen molar-refractivity contribution in [3.8, 4) is 0 Å². The van der Waals surface area contributed by atoms with Gasteiger partial charge in [-0.2, -0.15) is 0 Å². The molecule has 1 aliphatic carbocycles. The van der Waals surface area contributed by atoms with Gasteiger partial charge in [0.2, 0.25) is 5.91 Å². The summed E-state index contributed by atoms with van der Waals surface area (Å²) in [6.07, 6.45) is 7.54. The summed E-state index contributed by atoms with van der Waals surface area (Å²) in [6, 6.07) is 22.7. The second kappa shape index (κ2) is 10.5. The van der Waals surface area contributed by atoms with Crippen LogP contribution in [0.5, 0.6) is 0 Å². The molecule has 184 valence electrons. The molecule has 6 nitrogen and oxygen atoms in total. The molecular weight excluding hydrogens is 472 g/mol. The number of benzene rings is 2. The highest BCUT2D eigenvalue weighted by Crippen LogP contribution is 2.39. The normalized spacial score (nSPS) is 14.9. The highest BCUT2D eigenvalue weighted by molar-refractivity contribution is 6.30. The Labute approximate surface area is 215 Å². The average Bonchev–Trinajstić information content (AvgIpc) is 3.31. The Balaban J connectivity index is 1.28. The van der Waals surface area contributed by atoms with Crippen molar-refractivity contribution in [2.24, 2.45) is 0 Å². The Kier molecular flexibility index (Phi) is 7.05. The second-order valence-electron chi connectivity index (χ2n) is 9.49. The van der Waals surface area contributed by atoms with Crippen molar-refractivity contribution in [1.82, 2.24) is 14.7 Å². The maximum atomic E-state index is 13.0. The summed E-state index contributed by atoms with van der Waals surface area (Å²) in [4.78, 5) is 30.4. The van der Waals surface area contributed by atoms with Crippen molar-refractivity contribution in [2.75, 3.05) is 11.9 Å². The first-order chi connectivity index (χ1) is 17.5. The summed E-state index contributed by atoms with van der Waals surface area (Å²) in [5.74, 6) is -0.310. The number of pyridine rings is 1. The van der Waals surface area contributed by atoms with Crippen LogP contribution in [0.1, 0.15) is 53.8 Å². The van der Waals surface area contributed by atoms with Gasteiger partial charge in [-0.25, -0.2) is 4.98 Å². The molecule has 2 heterocycles. The number of anilines is 1. The van der Waals surface area contributed by atoms with Gasteiger partial charge in [-0.05, 0) is 54.8 Å². The first kappa shape index (κ1) is 24.1. The molecule has 0 radical (unpaired) electrons. The van der Waals surface area contributed by atoms with E-state index < -0.39 is 0 Å². The monoisotopic (exact) mass is 500 g/mol. The number of halogens is 1. The van der Waals surface area contributed by atoms with Crippen LogP contribution in [0, 0.1) is 0 Å². The molecule has 36 heavy (non-hydrogen) atoms. The van der Waals surface area contributed by atoms with Gasteiger partial charge in [0.25, 0.3) is 5.91 Å². The van der Waals surface area contributed by atoms with Crippen LogP contribution < -0.4 is 10.6 Å². The number of rotatable bonds is 7. The molecule has 1 saturated carbocycles. The van der Waals surface area contributed by atoms with Crippen LogP contribution in [0.2, 0.25) is 5.02 Å². The van der Waals surface area contributed by atoms with E-state index in [1.54, 1.807) is 22.7 Å². The summed E-state index contributed by atoms with van der Waals surface area (Å²) in [5.41, 5.74) is 3.59. The number of fused-ring (bicyclic) bond motifs is 1. The smallest absolute Gasteiger partial charge is 0.272 e. The number of carbonyl (C=O) groups is 2. The lowest BCUT2D eigenvalue weighted by Gasteiger charge is -2.38.